The van der Waals surface area contributed by atoms with Gasteiger partial charge in [0.05, 0.1) is 6.04 Å². The highest BCUT2D eigenvalue weighted by atomic mass is 19.4. The highest BCUT2D eigenvalue weighted by Gasteiger charge is 2.38. The number of carboxylic acid groups (broad SMARTS) is 1. The normalized spacial score (nSPS) is 19.8. The molecule has 0 amide bonds. The standard InChI is InChI=1S/C7H11NO2.C2HF3O2/c9-5-7(10)6-3-1-2-4-8-6;3-2(4,5)1(6)7/h5-6,8H,1-4H2;(H,6,7). The quantitative estimate of drug-likeness (QED) is 0.555. The van der Waals surface area contributed by atoms with Crippen molar-refractivity contribution in [3.63, 3.8) is 0 Å². The van der Waals surface area contributed by atoms with Crippen LogP contribution in [0.25, 0.3) is 0 Å². The van der Waals surface area contributed by atoms with Gasteiger partial charge in [0.2, 0.25) is 5.78 Å². The number of carbonyl (C=O) groups is 3. The van der Waals surface area contributed by atoms with Gasteiger partial charge in [-0.2, -0.15) is 13.2 Å². The molecule has 1 atom stereocenters. The molecule has 0 aliphatic carbocycles. The SMILES string of the molecule is O=C(O)C(F)(F)F.O=CC(=O)C1CCCCN1. The molecule has 1 heterocycles. The fourth-order valence-electron chi connectivity index (χ4n) is 1.18. The number of nitrogens with one attached hydrogen (secondary N) is 1. The Labute approximate surface area is 95.0 Å². The molecular weight excluding hydrogens is 243 g/mol. The molecule has 1 aliphatic rings. The number of rotatable bonds is 2. The molecular formula is C9H12F3NO4. The molecule has 0 spiro atoms. The van der Waals surface area contributed by atoms with Gasteiger partial charge in [-0.1, -0.05) is 6.42 Å². The summed E-state index contributed by atoms with van der Waals surface area (Å²) in [5.74, 6) is -3.06. The number of alkyl halides is 3. The molecule has 0 saturated carbocycles. The summed E-state index contributed by atoms with van der Waals surface area (Å²) in [4.78, 5) is 29.6. The summed E-state index contributed by atoms with van der Waals surface area (Å²) in [7, 11) is 0. The Kier molecular flexibility index (Phi) is 6.40. The first-order valence-corrected chi connectivity index (χ1v) is 4.81. The first-order valence-electron chi connectivity index (χ1n) is 4.81. The Morgan fingerprint density at radius 2 is 1.82 bits per heavy atom. The average Bonchev–Trinajstić information content (AvgIpc) is 2.28. The summed E-state index contributed by atoms with van der Waals surface area (Å²) in [6, 6.07) is -0.189. The number of aliphatic carboxylic acids is 1. The second-order valence-corrected chi connectivity index (χ2v) is 3.33. The number of carbonyl (C=O) groups excluding carboxylic acids is 2. The summed E-state index contributed by atoms with van der Waals surface area (Å²) in [5.41, 5.74) is 0. The van der Waals surface area contributed by atoms with E-state index in [0.29, 0.717) is 6.29 Å². The van der Waals surface area contributed by atoms with Gasteiger partial charge in [0, 0.05) is 0 Å². The van der Waals surface area contributed by atoms with Crippen molar-refractivity contribution in [2.45, 2.75) is 31.5 Å². The third-order valence-electron chi connectivity index (χ3n) is 2.01. The molecule has 5 nitrogen and oxygen atoms in total. The Hall–Kier alpha value is -1.44. The van der Waals surface area contributed by atoms with Gasteiger partial charge in [0.15, 0.2) is 6.29 Å². The summed E-state index contributed by atoms with van der Waals surface area (Å²) in [6.07, 6.45) is -1.69. The summed E-state index contributed by atoms with van der Waals surface area (Å²) < 4.78 is 31.7. The maximum absolute atomic E-state index is 10.7. The Morgan fingerprint density at radius 1 is 1.29 bits per heavy atom. The first kappa shape index (κ1) is 15.6. The van der Waals surface area contributed by atoms with Crippen molar-refractivity contribution < 1.29 is 32.7 Å². The Balaban J connectivity index is 0.000000325. The molecule has 98 valence electrons. The number of piperidine rings is 1. The Bertz CT molecular complexity index is 284. The fraction of sp³-hybridized carbons (Fsp3) is 0.667. The molecule has 0 aromatic heterocycles. The van der Waals surface area contributed by atoms with Gasteiger partial charge >= 0.3 is 12.1 Å². The van der Waals surface area contributed by atoms with E-state index in [1.807, 2.05) is 0 Å². The maximum Gasteiger partial charge on any atom is 0.490 e. The molecule has 0 bridgehead atoms. The van der Waals surface area contributed by atoms with Crippen LogP contribution in [-0.4, -0.2) is 41.9 Å². The minimum absolute atomic E-state index is 0.189. The van der Waals surface area contributed by atoms with E-state index >= 15 is 0 Å². The highest BCUT2D eigenvalue weighted by molar-refractivity contribution is 6.27. The van der Waals surface area contributed by atoms with Gasteiger partial charge in [-0.25, -0.2) is 4.79 Å². The number of aldehydes is 1. The molecule has 0 aromatic carbocycles. The van der Waals surface area contributed by atoms with E-state index in [-0.39, 0.29) is 11.8 Å². The number of halogens is 3. The van der Waals surface area contributed by atoms with Crippen LogP contribution in [-0.2, 0) is 14.4 Å². The van der Waals surface area contributed by atoms with Crippen molar-refractivity contribution in [2.75, 3.05) is 6.54 Å². The van der Waals surface area contributed by atoms with Crippen LogP contribution in [0, 0.1) is 0 Å². The number of carboxylic acids is 1. The predicted octanol–water partition coefficient (Wildman–Crippen LogP) is 0.530. The van der Waals surface area contributed by atoms with Crippen molar-refractivity contribution in [2.24, 2.45) is 0 Å². The van der Waals surface area contributed by atoms with Crippen LogP contribution in [0.1, 0.15) is 19.3 Å². The molecule has 1 rings (SSSR count). The zero-order valence-corrected chi connectivity index (χ0v) is 8.79. The molecule has 0 radical (unpaired) electrons. The lowest BCUT2D eigenvalue weighted by molar-refractivity contribution is -0.192. The monoisotopic (exact) mass is 255 g/mol. The average molecular weight is 255 g/mol. The third kappa shape index (κ3) is 6.67. The smallest absolute Gasteiger partial charge is 0.475 e. The second kappa shape index (κ2) is 7.00. The molecule has 1 aliphatic heterocycles. The van der Waals surface area contributed by atoms with Crippen LogP contribution >= 0.6 is 0 Å². The summed E-state index contributed by atoms with van der Waals surface area (Å²) >= 11 is 0. The Morgan fingerprint density at radius 3 is 2.12 bits per heavy atom. The van der Waals surface area contributed by atoms with Crippen LogP contribution < -0.4 is 5.32 Å². The summed E-state index contributed by atoms with van der Waals surface area (Å²) in [5, 5.41) is 10.1. The fourth-order valence-corrected chi connectivity index (χ4v) is 1.18. The van der Waals surface area contributed by atoms with Crippen LogP contribution in [0.3, 0.4) is 0 Å². The van der Waals surface area contributed by atoms with Gasteiger partial charge in [-0.15, -0.1) is 0 Å². The van der Waals surface area contributed by atoms with Crippen LogP contribution in [0.4, 0.5) is 13.2 Å². The van der Waals surface area contributed by atoms with Gasteiger partial charge < -0.3 is 10.4 Å². The lowest BCUT2D eigenvalue weighted by Crippen LogP contribution is -2.40. The van der Waals surface area contributed by atoms with Crippen molar-refractivity contribution in [3.05, 3.63) is 0 Å². The lowest BCUT2D eigenvalue weighted by atomic mass is 10.0. The minimum Gasteiger partial charge on any atom is -0.475 e. The van der Waals surface area contributed by atoms with E-state index in [1.165, 1.54) is 0 Å². The lowest BCUT2D eigenvalue weighted by Gasteiger charge is -2.19. The minimum atomic E-state index is -5.08. The second-order valence-electron chi connectivity index (χ2n) is 3.33. The van der Waals surface area contributed by atoms with E-state index in [4.69, 9.17) is 9.90 Å². The number of Topliss-reactive ketones (excluding diaryl/α,β-unsaturated/α-hetero) is 1. The van der Waals surface area contributed by atoms with Crippen molar-refractivity contribution >= 4 is 18.0 Å². The number of ketones is 1. The first-order chi connectivity index (χ1) is 7.79. The molecule has 1 saturated heterocycles. The van der Waals surface area contributed by atoms with Crippen LogP contribution in [0.5, 0.6) is 0 Å². The molecule has 17 heavy (non-hydrogen) atoms. The number of hydrogen-bond acceptors (Lipinski definition) is 4. The van der Waals surface area contributed by atoms with Gasteiger partial charge in [-0.3, -0.25) is 9.59 Å². The van der Waals surface area contributed by atoms with Crippen molar-refractivity contribution in [3.8, 4) is 0 Å². The largest absolute Gasteiger partial charge is 0.490 e. The maximum atomic E-state index is 10.7. The van der Waals surface area contributed by atoms with E-state index in [1.54, 1.807) is 0 Å². The molecule has 1 unspecified atom stereocenters. The molecule has 2 N–H and O–H groups in total. The third-order valence-corrected chi connectivity index (χ3v) is 2.01. The van der Waals surface area contributed by atoms with Crippen molar-refractivity contribution in [1.82, 2.24) is 5.32 Å². The molecule has 1 fully saturated rings. The molecule has 8 heteroatoms. The van der Waals surface area contributed by atoms with E-state index in [9.17, 15) is 22.8 Å². The zero-order chi connectivity index (χ0) is 13.5. The topological polar surface area (TPSA) is 83.5 Å². The predicted molar refractivity (Wildman–Crippen MR) is 50.4 cm³/mol. The zero-order valence-electron chi connectivity index (χ0n) is 8.79. The highest BCUT2D eigenvalue weighted by Crippen LogP contribution is 2.13. The van der Waals surface area contributed by atoms with Gasteiger partial charge in [0.1, 0.15) is 0 Å². The van der Waals surface area contributed by atoms with Crippen LogP contribution in [0.15, 0.2) is 0 Å². The van der Waals surface area contributed by atoms with Gasteiger partial charge in [0.25, 0.3) is 0 Å². The van der Waals surface area contributed by atoms with Crippen LogP contribution in [0.2, 0.25) is 0 Å². The van der Waals surface area contributed by atoms with E-state index in [2.05, 4.69) is 5.32 Å². The number of hydrogen-bond donors (Lipinski definition) is 2. The van der Waals surface area contributed by atoms with E-state index < -0.39 is 12.1 Å². The van der Waals surface area contributed by atoms with E-state index in [0.717, 1.165) is 25.8 Å². The molecule has 0 aromatic rings. The van der Waals surface area contributed by atoms with Gasteiger partial charge in [-0.05, 0) is 19.4 Å². The van der Waals surface area contributed by atoms with Crippen molar-refractivity contribution in [1.29, 1.82) is 0 Å². The summed E-state index contributed by atoms with van der Waals surface area (Å²) in [6.45, 7) is 0.865.